The lowest BCUT2D eigenvalue weighted by Gasteiger charge is -2.17. The molecule has 0 aromatic heterocycles. The summed E-state index contributed by atoms with van der Waals surface area (Å²) in [4.78, 5) is 0. The molecular weight excluding hydrogens is 292 g/mol. The monoisotopic (exact) mass is 310 g/mol. The third-order valence-corrected chi connectivity index (χ3v) is 3.95. The highest BCUT2D eigenvalue weighted by Crippen LogP contribution is 2.45. The second-order valence-corrected chi connectivity index (χ2v) is 5.20. The van der Waals surface area contributed by atoms with Crippen LogP contribution in [-0.4, -0.2) is 24.4 Å². The maximum atomic E-state index is 10.5. The molecule has 0 spiro atoms. The van der Waals surface area contributed by atoms with Gasteiger partial charge in [0.2, 0.25) is 0 Å². The normalized spacial score (nSPS) is 10.7. The van der Waals surface area contributed by atoms with Gasteiger partial charge in [-0.05, 0) is 16.3 Å². The molecule has 0 aliphatic rings. The molecule has 0 saturated carbocycles. The number of benzene rings is 3. The molecule has 0 aliphatic heterocycles. The molecule has 3 aromatic rings. The van der Waals surface area contributed by atoms with Gasteiger partial charge in [-0.3, -0.25) is 0 Å². The number of hydrogen-bond donors (Lipinski definition) is 2. The minimum Gasteiger partial charge on any atom is -0.507 e. The average molecular weight is 310 g/mol. The van der Waals surface area contributed by atoms with E-state index in [1.54, 1.807) is 19.2 Å². The van der Waals surface area contributed by atoms with Gasteiger partial charge in [0.1, 0.15) is 17.2 Å². The Morgan fingerprint density at radius 3 is 2.39 bits per heavy atom. The highest BCUT2D eigenvalue weighted by atomic mass is 16.5. The second kappa shape index (κ2) is 6.18. The summed E-state index contributed by atoms with van der Waals surface area (Å²) in [6, 6.07) is 14.9. The zero-order chi connectivity index (χ0) is 16.4. The molecule has 0 aliphatic carbocycles. The van der Waals surface area contributed by atoms with Gasteiger partial charge >= 0.3 is 0 Å². The molecule has 2 N–H and O–H groups in total. The summed E-state index contributed by atoms with van der Waals surface area (Å²) in [5, 5.41) is 22.2. The van der Waals surface area contributed by atoms with Crippen molar-refractivity contribution in [2.24, 2.45) is 0 Å². The van der Waals surface area contributed by atoms with Crippen LogP contribution in [-0.2, 0) is 6.61 Å². The Labute approximate surface area is 134 Å². The molecule has 4 nitrogen and oxygen atoms in total. The van der Waals surface area contributed by atoms with E-state index in [0.717, 1.165) is 21.9 Å². The van der Waals surface area contributed by atoms with Crippen molar-refractivity contribution in [3.63, 3.8) is 0 Å². The van der Waals surface area contributed by atoms with Crippen LogP contribution in [0.1, 0.15) is 5.56 Å². The Kier molecular flexibility index (Phi) is 4.08. The third-order valence-electron chi connectivity index (χ3n) is 3.95. The number of fused-ring (bicyclic) bond motifs is 1. The first-order valence-electron chi connectivity index (χ1n) is 7.26. The van der Waals surface area contributed by atoms with Crippen molar-refractivity contribution in [1.29, 1.82) is 0 Å². The SMILES string of the molecule is COc1cc(O)c(-c2c(CO)ccc3ccccc23)c(OC)c1. The van der Waals surface area contributed by atoms with Crippen LogP contribution in [0.5, 0.6) is 17.2 Å². The van der Waals surface area contributed by atoms with E-state index in [1.807, 2.05) is 36.4 Å². The van der Waals surface area contributed by atoms with Crippen LogP contribution in [0.2, 0.25) is 0 Å². The van der Waals surface area contributed by atoms with Crippen LogP contribution in [0.15, 0.2) is 48.5 Å². The van der Waals surface area contributed by atoms with Gasteiger partial charge in [0.25, 0.3) is 0 Å². The van der Waals surface area contributed by atoms with Crippen LogP contribution >= 0.6 is 0 Å². The summed E-state index contributed by atoms with van der Waals surface area (Å²) >= 11 is 0. The number of methoxy groups -OCH3 is 2. The zero-order valence-electron chi connectivity index (χ0n) is 13.0. The molecule has 0 unspecified atom stereocenters. The molecule has 23 heavy (non-hydrogen) atoms. The number of ether oxygens (including phenoxy) is 2. The molecule has 3 aromatic carbocycles. The van der Waals surface area contributed by atoms with E-state index in [0.29, 0.717) is 17.1 Å². The molecule has 0 amide bonds. The summed E-state index contributed by atoms with van der Waals surface area (Å²) in [5.74, 6) is 1.05. The Morgan fingerprint density at radius 1 is 0.913 bits per heavy atom. The van der Waals surface area contributed by atoms with Gasteiger partial charge in [0.15, 0.2) is 0 Å². The quantitative estimate of drug-likeness (QED) is 0.771. The number of rotatable bonds is 4. The van der Waals surface area contributed by atoms with Crippen molar-refractivity contribution < 1.29 is 19.7 Å². The molecule has 0 bridgehead atoms. The summed E-state index contributed by atoms with van der Waals surface area (Å²) in [6.07, 6.45) is 0. The molecule has 0 fully saturated rings. The fourth-order valence-electron chi connectivity index (χ4n) is 2.85. The van der Waals surface area contributed by atoms with Crippen molar-refractivity contribution in [1.82, 2.24) is 0 Å². The number of aliphatic hydroxyl groups excluding tert-OH is 1. The van der Waals surface area contributed by atoms with Gasteiger partial charge in [-0.2, -0.15) is 0 Å². The number of hydrogen-bond acceptors (Lipinski definition) is 4. The smallest absolute Gasteiger partial charge is 0.134 e. The van der Waals surface area contributed by atoms with Crippen LogP contribution in [0.4, 0.5) is 0 Å². The molecule has 0 radical (unpaired) electrons. The van der Waals surface area contributed by atoms with Gasteiger partial charge < -0.3 is 19.7 Å². The minimum absolute atomic E-state index is 0.0484. The van der Waals surface area contributed by atoms with Gasteiger partial charge in [0.05, 0.1) is 26.4 Å². The molecule has 0 heterocycles. The van der Waals surface area contributed by atoms with Crippen molar-refractivity contribution >= 4 is 10.8 Å². The van der Waals surface area contributed by atoms with E-state index < -0.39 is 0 Å². The van der Waals surface area contributed by atoms with E-state index in [1.165, 1.54) is 7.11 Å². The molecular formula is C19H18O4. The van der Waals surface area contributed by atoms with Crippen LogP contribution < -0.4 is 9.47 Å². The van der Waals surface area contributed by atoms with E-state index in [9.17, 15) is 10.2 Å². The molecule has 118 valence electrons. The second-order valence-electron chi connectivity index (χ2n) is 5.20. The van der Waals surface area contributed by atoms with Crippen molar-refractivity contribution in [2.45, 2.75) is 6.61 Å². The van der Waals surface area contributed by atoms with Gasteiger partial charge in [-0.25, -0.2) is 0 Å². The van der Waals surface area contributed by atoms with Crippen molar-refractivity contribution in [3.05, 3.63) is 54.1 Å². The topological polar surface area (TPSA) is 58.9 Å². The lowest BCUT2D eigenvalue weighted by molar-refractivity contribution is 0.282. The fraction of sp³-hybridized carbons (Fsp3) is 0.158. The third kappa shape index (κ3) is 2.58. The predicted molar refractivity (Wildman–Crippen MR) is 90.1 cm³/mol. The average Bonchev–Trinajstić information content (AvgIpc) is 2.60. The predicted octanol–water partition coefficient (Wildman–Crippen LogP) is 3.72. The summed E-state index contributed by atoms with van der Waals surface area (Å²) in [5.41, 5.74) is 2.04. The van der Waals surface area contributed by atoms with Gasteiger partial charge in [0, 0.05) is 17.7 Å². The van der Waals surface area contributed by atoms with E-state index in [4.69, 9.17) is 9.47 Å². The van der Waals surface area contributed by atoms with E-state index >= 15 is 0 Å². The molecule has 0 atom stereocenters. The lowest BCUT2D eigenvalue weighted by Crippen LogP contribution is -1.96. The van der Waals surface area contributed by atoms with E-state index in [2.05, 4.69) is 0 Å². The van der Waals surface area contributed by atoms with Gasteiger partial charge in [-0.15, -0.1) is 0 Å². The maximum Gasteiger partial charge on any atom is 0.134 e. The molecule has 3 rings (SSSR count). The van der Waals surface area contributed by atoms with Crippen molar-refractivity contribution in [2.75, 3.05) is 14.2 Å². The standard InChI is InChI=1S/C19H18O4/c1-22-14-9-16(21)19(17(10-14)23-2)18-13(11-20)8-7-12-5-3-4-6-15(12)18/h3-10,20-21H,11H2,1-2H3. The largest absolute Gasteiger partial charge is 0.507 e. The fourth-order valence-corrected chi connectivity index (χ4v) is 2.85. The Balaban J connectivity index is 2.40. The first kappa shape index (κ1) is 15.2. The number of phenolic OH excluding ortho intramolecular Hbond substituents is 1. The summed E-state index contributed by atoms with van der Waals surface area (Å²) < 4.78 is 10.6. The maximum absolute atomic E-state index is 10.5. The molecule has 0 saturated heterocycles. The Morgan fingerprint density at radius 2 is 1.70 bits per heavy atom. The highest BCUT2D eigenvalue weighted by Gasteiger charge is 2.19. The van der Waals surface area contributed by atoms with E-state index in [-0.39, 0.29) is 12.4 Å². The Bertz CT molecular complexity index is 855. The number of phenols is 1. The first-order chi connectivity index (χ1) is 11.2. The number of aromatic hydroxyl groups is 1. The van der Waals surface area contributed by atoms with Crippen LogP contribution in [0, 0.1) is 0 Å². The highest BCUT2D eigenvalue weighted by molar-refractivity contribution is 6.01. The summed E-state index contributed by atoms with van der Waals surface area (Å²) in [6.45, 7) is -0.130. The van der Waals surface area contributed by atoms with Crippen LogP contribution in [0.25, 0.3) is 21.9 Å². The lowest BCUT2D eigenvalue weighted by atomic mass is 9.92. The first-order valence-corrected chi connectivity index (χ1v) is 7.26. The van der Waals surface area contributed by atoms with Gasteiger partial charge in [-0.1, -0.05) is 36.4 Å². The zero-order valence-corrected chi connectivity index (χ0v) is 13.0. The minimum atomic E-state index is -0.130. The Hall–Kier alpha value is -2.72. The van der Waals surface area contributed by atoms with Crippen molar-refractivity contribution in [3.8, 4) is 28.4 Å². The summed E-state index contributed by atoms with van der Waals surface area (Å²) in [7, 11) is 3.08. The number of aliphatic hydroxyl groups is 1. The molecule has 4 heteroatoms. The van der Waals surface area contributed by atoms with Crippen LogP contribution in [0.3, 0.4) is 0 Å².